The molecule has 4 rings (SSSR count). The van der Waals surface area contributed by atoms with Crippen molar-refractivity contribution in [2.24, 2.45) is 7.05 Å². The molecule has 3 aromatic rings. The molecular weight excluding hydrogens is 508 g/mol. The first-order chi connectivity index (χ1) is 18.2. The van der Waals surface area contributed by atoms with Crippen LogP contribution in [0.1, 0.15) is 36.9 Å². The Morgan fingerprint density at radius 3 is 2.87 bits per heavy atom. The minimum atomic E-state index is -3.14. The van der Waals surface area contributed by atoms with E-state index in [0.717, 1.165) is 50.2 Å². The molecule has 12 nitrogen and oxygen atoms in total. The van der Waals surface area contributed by atoms with Crippen LogP contribution in [0.4, 0.5) is 11.6 Å². The van der Waals surface area contributed by atoms with Crippen LogP contribution >= 0.6 is 0 Å². The Morgan fingerprint density at radius 2 is 2.08 bits per heavy atom. The maximum atomic E-state index is 12.0. The van der Waals surface area contributed by atoms with Crippen LogP contribution < -0.4 is 10.6 Å². The monoisotopic (exact) mass is 544 g/mol. The summed E-state index contributed by atoms with van der Waals surface area (Å²) in [6.07, 6.45) is 9.25. The summed E-state index contributed by atoms with van der Waals surface area (Å²) in [6, 6.07) is 3.34. The number of aliphatic carboxylic acids is 1. The second-order valence-electron chi connectivity index (χ2n) is 9.82. The molecule has 13 heteroatoms. The Balaban J connectivity index is 1.33. The van der Waals surface area contributed by atoms with E-state index in [1.807, 2.05) is 4.90 Å². The maximum Gasteiger partial charge on any atom is 0.326 e. The highest BCUT2D eigenvalue weighted by molar-refractivity contribution is 7.90. The molecule has 4 heterocycles. The van der Waals surface area contributed by atoms with E-state index >= 15 is 0 Å². The quantitative estimate of drug-likeness (QED) is 0.254. The maximum absolute atomic E-state index is 12.0. The van der Waals surface area contributed by atoms with Crippen LogP contribution in [0.2, 0.25) is 0 Å². The lowest BCUT2D eigenvalue weighted by atomic mass is 10.1. The molecule has 1 atom stereocenters. The summed E-state index contributed by atoms with van der Waals surface area (Å²) in [5.74, 6) is 0.419. The number of aryl methyl sites for hydroxylation is 3. The fourth-order valence-corrected chi connectivity index (χ4v) is 5.18. The van der Waals surface area contributed by atoms with Gasteiger partial charge in [-0.25, -0.2) is 28.2 Å². The molecule has 0 bridgehead atoms. The first-order valence-corrected chi connectivity index (χ1v) is 15.0. The van der Waals surface area contributed by atoms with Gasteiger partial charge in [0, 0.05) is 38.6 Å². The van der Waals surface area contributed by atoms with Crippen molar-refractivity contribution in [1.29, 1.82) is 0 Å². The molecule has 1 aliphatic rings. The van der Waals surface area contributed by atoms with Gasteiger partial charge < -0.3 is 20.6 Å². The molecule has 0 radical (unpaired) electrons. The fourth-order valence-electron chi connectivity index (χ4n) is 4.59. The Bertz CT molecular complexity index is 1360. The molecule has 0 saturated carbocycles. The van der Waals surface area contributed by atoms with E-state index in [9.17, 15) is 18.3 Å². The van der Waals surface area contributed by atoms with Gasteiger partial charge >= 0.3 is 5.97 Å². The van der Waals surface area contributed by atoms with E-state index in [-0.39, 0.29) is 12.2 Å². The van der Waals surface area contributed by atoms with Crippen LogP contribution in [0, 0.1) is 0 Å². The minimum absolute atomic E-state index is 0.0262. The van der Waals surface area contributed by atoms with Crippen molar-refractivity contribution in [3.63, 3.8) is 0 Å². The zero-order valence-electron chi connectivity index (χ0n) is 21.9. The van der Waals surface area contributed by atoms with Crippen molar-refractivity contribution in [1.82, 2.24) is 29.6 Å². The van der Waals surface area contributed by atoms with E-state index in [1.165, 1.54) is 18.1 Å². The van der Waals surface area contributed by atoms with Gasteiger partial charge in [-0.3, -0.25) is 4.68 Å². The number of fused-ring (bicyclic) bond motifs is 2. The number of nitrogens with one attached hydrogen (secondary N) is 2. The fraction of sp³-hybridized carbons (Fsp3) is 0.560. The molecule has 0 amide bonds. The van der Waals surface area contributed by atoms with E-state index in [0.29, 0.717) is 36.5 Å². The lowest BCUT2D eigenvalue weighted by Crippen LogP contribution is -2.37. The second-order valence-corrected chi connectivity index (χ2v) is 12.1. The van der Waals surface area contributed by atoms with Crippen LogP contribution in [-0.4, -0.2) is 93.4 Å². The van der Waals surface area contributed by atoms with Gasteiger partial charge in [0.15, 0.2) is 5.65 Å². The average molecular weight is 545 g/mol. The molecule has 0 saturated heterocycles. The third-order valence-corrected chi connectivity index (χ3v) is 7.68. The van der Waals surface area contributed by atoms with E-state index in [2.05, 4.69) is 37.8 Å². The molecule has 3 aromatic heterocycles. The highest BCUT2D eigenvalue weighted by Gasteiger charge is 2.21. The lowest BCUT2D eigenvalue weighted by Gasteiger charge is -2.24. The van der Waals surface area contributed by atoms with Crippen LogP contribution in [0.3, 0.4) is 0 Å². The number of hydrogen-bond donors (Lipinski definition) is 3. The number of nitrogens with zero attached hydrogens (tertiary/aromatic N) is 6. The summed E-state index contributed by atoms with van der Waals surface area (Å²) >= 11 is 0. The lowest BCUT2D eigenvalue weighted by molar-refractivity contribution is -0.138. The standard InChI is InChI=1S/C25H36N8O4S/c1-32-24-20(16-29-32)23(27-17-28-24)31-21(25(34)35)10-13-33(14-15-38(2,36)37)12-4-3-7-19-9-8-18-6-5-11-26-22(18)30-19/h8-9,16-17,21H,3-7,10-15H2,1-2H3,(H,26,30)(H,34,35)(H,27,28,31)/t21-/m0/s1. The highest BCUT2D eigenvalue weighted by atomic mass is 32.2. The number of aromatic nitrogens is 5. The number of pyridine rings is 1. The molecular formula is C25H36N8O4S. The number of sulfone groups is 1. The summed E-state index contributed by atoms with van der Waals surface area (Å²) in [4.78, 5) is 27.2. The molecule has 0 aromatic carbocycles. The van der Waals surface area contributed by atoms with Crippen molar-refractivity contribution in [3.8, 4) is 0 Å². The van der Waals surface area contributed by atoms with Crippen molar-refractivity contribution in [2.45, 2.75) is 44.6 Å². The number of carboxylic acid groups (broad SMARTS) is 1. The smallest absolute Gasteiger partial charge is 0.326 e. The molecule has 1 aliphatic heterocycles. The average Bonchev–Trinajstić information content (AvgIpc) is 3.27. The zero-order chi connectivity index (χ0) is 27.1. The van der Waals surface area contributed by atoms with Gasteiger partial charge in [0.25, 0.3) is 0 Å². The Labute approximate surface area is 222 Å². The summed E-state index contributed by atoms with van der Waals surface area (Å²) in [5.41, 5.74) is 2.91. The SMILES string of the molecule is Cn1ncc2c(N[C@@H](CCN(CCCCc3ccc4c(n3)NCCC4)CCS(C)(=O)=O)C(=O)O)ncnc21. The van der Waals surface area contributed by atoms with Gasteiger partial charge in [-0.1, -0.05) is 6.07 Å². The van der Waals surface area contributed by atoms with Crippen molar-refractivity contribution < 1.29 is 18.3 Å². The van der Waals surface area contributed by atoms with Crippen LogP contribution in [-0.2, 0) is 34.5 Å². The highest BCUT2D eigenvalue weighted by Crippen LogP contribution is 2.21. The number of hydrogen-bond acceptors (Lipinski definition) is 10. The topological polar surface area (TPSA) is 155 Å². The summed E-state index contributed by atoms with van der Waals surface area (Å²) in [6.45, 7) is 2.41. The molecule has 206 valence electrons. The molecule has 3 N–H and O–H groups in total. The van der Waals surface area contributed by atoms with Crippen LogP contribution in [0.5, 0.6) is 0 Å². The minimum Gasteiger partial charge on any atom is -0.480 e. The largest absolute Gasteiger partial charge is 0.480 e. The van der Waals surface area contributed by atoms with Gasteiger partial charge in [0.1, 0.15) is 33.8 Å². The normalized spacial score (nSPS) is 14.3. The predicted molar refractivity (Wildman–Crippen MR) is 146 cm³/mol. The van der Waals surface area contributed by atoms with Gasteiger partial charge in [-0.2, -0.15) is 5.10 Å². The number of unbranched alkanes of at least 4 members (excludes halogenated alkanes) is 1. The Morgan fingerprint density at radius 1 is 1.24 bits per heavy atom. The van der Waals surface area contributed by atoms with Gasteiger partial charge in [0.2, 0.25) is 0 Å². The Kier molecular flexibility index (Phi) is 9.10. The van der Waals surface area contributed by atoms with E-state index in [4.69, 9.17) is 4.98 Å². The van der Waals surface area contributed by atoms with E-state index in [1.54, 1.807) is 17.9 Å². The van der Waals surface area contributed by atoms with Gasteiger partial charge in [-0.05, 0) is 56.7 Å². The first-order valence-electron chi connectivity index (χ1n) is 12.9. The van der Waals surface area contributed by atoms with Crippen molar-refractivity contribution in [3.05, 3.63) is 35.9 Å². The van der Waals surface area contributed by atoms with Crippen molar-refractivity contribution >= 4 is 38.5 Å². The second kappa shape index (κ2) is 12.5. The zero-order valence-corrected chi connectivity index (χ0v) is 22.7. The third kappa shape index (κ3) is 7.60. The molecule has 0 spiro atoms. The summed E-state index contributed by atoms with van der Waals surface area (Å²) in [7, 11) is -1.39. The van der Waals surface area contributed by atoms with Crippen LogP contribution in [0.25, 0.3) is 11.0 Å². The number of carbonyl (C=O) groups is 1. The first kappa shape index (κ1) is 27.7. The van der Waals surface area contributed by atoms with Gasteiger partial charge in [0.05, 0.1) is 17.3 Å². The summed E-state index contributed by atoms with van der Waals surface area (Å²) in [5, 5.41) is 21.0. The molecule has 0 unspecified atom stereocenters. The predicted octanol–water partition coefficient (Wildman–Crippen LogP) is 1.74. The number of carboxylic acids is 1. The molecule has 38 heavy (non-hydrogen) atoms. The number of anilines is 2. The Hall–Kier alpha value is -3.32. The third-order valence-electron chi connectivity index (χ3n) is 6.76. The van der Waals surface area contributed by atoms with Crippen molar-refractivity contribution in [2.75, 3.05) is 48.8 Å². The van der Waals surface area contributed by atoms with Crippen LogP contribution in [0.15, 0.2) is 24.7 Å². The number of rotatable bonds is 14. The van der Waals surface area contributed by atoms with Gasteiger partial charge in [-0.15, -0.1) is 0 Å². The summed E-state index contributed by atoms with van der Waals surface area (Å²) < 4.78 is 25.2. The molecule has 0 fully saturated rings. The molecule has 0 aliphatic carbocycles. The van der Waals surface area contributed by atoms with E-state index < -0.39 is 21.8 Å².